The third-order valence-corrected chi connectivity index (χ3v) is 10.3. The lowest BCUT2D eigenvalue weighted by molar-refractivity contribution is -0.127. The lowest BCUT2D eigenvalue weighted by Gasteiger charge is -2.55. The number of aromatic nitrogens is 3. The van der Waals surface area contributed by atoms with Crippen LogP contribution in [-0.2, 0) is 17.8 Å². The van der Waals surface area contributed by atoms with Crippen LogP contribution in [0.25, 0.3) is 10.6 Å². The van der Waals surface area contributed by atoms with Crippen LogP contribution in [0.5, 0.6) is 5.75 Å². The number of hydrogen-bond donors (Lipinski definition) is 2. The molecular formula is C29H28F2N6O4S2. The molecule has 3 aromatic heterocycles. The van der Waals surface area contributed by atoms with Crippen LogP contribution in [-0.4, -0.2) is 56.5 Å². The van der Waals surface area contributed by atoms with Crippen molar-refractivity contribution in [3.05, 3.63) is 84.9 Å². The molecule has 4 heterocycles. The summed E-state index contributed by atoms with van der Waals surface area (Å²) in [5.74, 6) is -2.85. The molecule has 6 rings (SSSR count). The fraction of sp³-hybridized carbons (Fsp3) is 0.345. The molecule has 224 valence electrons. The monoisotopic (exact) mass is 626 g/mol. The van der Waals surface area contributed by atoms with Crippen molar-refractivity contribution in [3.63, 3.8) is 0 Å². The third kappa shape index (κ3) is 5.07. The summed E-state index contributed by atoms with van der Waals surface area (Å²) in [4.78, 5) is 42.3. The van der Waals surface area contributed by atoms with E-state index in [1.54, 1.807) is 30.3 Å². The van der Waals surface area contributed by atoms with Crippen molar-refractivity contribution in [1.82, 2.24) is 25.1 Å². The third-order valence-electron chi connectivity index (χ3n) is 8.45. The molecule has 4 aromatic rings. The van der Waals surface area contributed by atoms with Crippen LogP contribution in [0, 0.1) is 17.6 Å². The Morgan fingerprint density at radius 2 is 1.93 bits per heavy atom. The van der Waals surface area contributed by atoms with Crippen LogP contribution in [0.15, 0.2) is 46.7 Å². The van der Waals surface area contributed by atoms with Gasteiger partial charge in [-0.05, 0) is 48.8 Å². The van der Waals surface area contributed by atoms with Gasteiger partial charge < -0.3 is 15.3 Å². The Morgan fingerprint density at radius 3 is 2.63 bits per heavy atom. The number of nitrogens with one attached hydrogen (secondary N) is 1. The highest BCUT2D eigenvalue weighted by Crippen LogP contribution is 2.42. The Bertz CT molecular complexity index is 1760. The molecule has 1 saturated carbocycles. The summed E-state index contributed by atoms with van der Waals surface area (Å²) < 4.78 is 29.0. The lowest BCUT2D eigenvalue weighted by Crippen LogP contribution is -2.69. The Labute approximate surface area is 253 Å². The molecule has 1 aromatic carbocycles. The minimum Gasteiger partial charge on any atom is -0.502 e. The molecule has 43 heavy (non-hydrogen) atoms. The SMILES string of the molecule is CN1C(=O)c2c(O)c(=O)c(-c3nnc(Cc4ccc(F)cc4F)s3)cn2N(C)C12CCC(C(=O)NCc1cccs1)CC2. The van der Waals surface area contributed by atoms with Crippen molar-refractivity contribution in [1.29, 1.82) is 0 Å². The molecule has 1 spiro atoms. The van der Waals surface area contributed by atoms with Gasteiger partial charge in [-0.3, -0.25) is 24.1 Å². The molecular weight excluding hydrogens is 598 g/mol. The van der Waals surface area contributed by atoms with E-state index >= 15 is 0 Å². The second-order valence-electron chi connectivity index (χ2n) is 10.8. The van der Waals surface area contributed by atoms with E-state index in [1.807, 2.05) is 22.5 Å². The highest BCUT2D eigenvalue weighted by Gasteiger charge is 2.50. The normalized spacial score (nSPS) is 20.0. The number of thiophene rings is 1. The molecule has 2 amide bonds. The fourth-order valence-corrected chi connectivity index (χ4v) is 7.45. The van der Waals surface area contributed by atoms with E-state index in [0.717, 1.165) is 28.3 Å². The number of rotatable bonds is 6. The van der Waals surface area contributed by atoms with E-state index in [4.69, 9.17) is 0 Å². The van der Waals surface area contributed by atoms with Crippen molar-refractivity contribution in [2.24, 2.45) is 5.92 Å². The molecule has 0 saturated heterocycles. The van der Waals surface area contributed by atoms with Crippen molar-refractivity contribution < 1.29 is 23.5 Å². The van der Waals surface area contributed by atoms with Crippen LogP contribution in [0.1, 0.15) is 51.6 Å². The topological polar surface area (TPSA) is 121 Å². The first-order valence-corrected chi connectivity index (χ1v) is 15.4. The summed E-state index contributed by atoms with van der Waals surface area (Å²) in [6, 6.07) is 7.17. The number of hydrogen-bond acceptors (Lipinski definition) is 9. The highest BCUT2D eigenvalue weighted by atomic mass is 32.1. The average Bonchev–Trinajstić information content (AvgIpc) is 3.69. The lowest BCUT2D eigenvalue weighted by atomic mass is 9.79. The van der Waals surface area contributed by atoms with E-state index in [2.05, 4.69) is 15.5 Å². The summed E-state index contributed by atoms with van der Waals surface area (Å²) in [5, 5.41) is 26.5. The van der Waals surface area contributed by atoms with E-state index in [1.165, 1.54) is 16.9 Å². The quantitative estimate of drug-likeness (QED) is 0.334. The molecule has 2 N–H and O–H groups in total. The van der Waals surface area contributed by atoms with Crippen molar-refractivity contribution in [3.8, 4) is 16.3 Å². The van der Waals surface area contributed by atoms with Gasteiger partial charge in [-0.2, -0.15) is 0 Å². The van der Waals surface area contributed by atoms with Crippen molar-refractivity contribution >= 4 is 34.5 Å². The molecule has 0 bridgehead atoms. The molecule has 1 aliphatic heterocycles. The Kier molecular flexibility index (Phi) is 7.50. The molecule has 0 radical (unpaired) electrons. The Morgan fingerprint density at radius 1 is 1.16 bits per heavy atom. The molecule has 0 unspecified atom stereocenters. The second-order valence-corrected chi connectivity index (χ2v) is 12.9. The van der Waals surface area contributed by atoms with Crippen LogP contribution < -0.4 is 15.8 Å². The maximum Gasteiger partial charge on any atom is 0.278 e. The standard InChI is InChI=1S/C29H28F2N6O4S2/c1-35-28(41)23-25(39)24(38)20(27-34-33-22(43-27)12-17-5-6-18(30)13-21(17)31)15-37(23)36(2)29(35)9-7-16(8-10-29)26(40)32-14-19-4-3-11-42-19/h3-6,11,13,15-16,39H,7-10,12,14H2,1-2H3,(H,32,40). The number of carbonyl (C=O) groups excluding carboxylic acids is 2. The van der Waals surface area contributed by atoms with E-state index < -0.39 is 34.4 Å². The van der Waals surface area contributed by atoms with E-state index in [-0.39, 0.29) is 40.1 Å². The van der Waals surface area contributed by atoms with Gasteiger partial charge in [0.1, 0.15) is 22.3 Å². The first-order chi connectivity index (χ1) is 20.6. The molecule has 2 aliphatic rings. The number of fused-ring (bicyclic) bond motifs is 1. The molecule has 14 heteroatoms. The smallest absolute Gasteiger partial charge is 0.278 e. The van der Waals surface area contributed by atoms with Gasteiger partial charge in [0, 0.05) is 43.6 Å². The minimum atomic E-state index is -0.792. The number of carbonyl (C=O) groups is 2. The van der Waals surface area contributed by atoms with Crippen LogP contribution >= 0.6 is 22.7 Å². The first kappa shape index (κ1) is 28.9. The van der Waals surface area contributed by atoms with Gasteiger partial charge in [-0.15, -0.1) is 21.5 Å². The number of halogens is 2. The van der Waals surface area contributed by atoms with Gasteiger partial charge >= 0.3 is 0 Å². The van der Waals surface area contributed by atoms with Crippen molar-refractivity contribution in [2.45, 2.75) is 44.3 Å². The summed E-state index contributed by atoms with van der Waals surface area (Å²) in [7, 11) is 3.42. The highest BCUT2D eigenvalue weighted by molar-refractivity contribution is 7.14. The molecule has 0 atom stereocenters. The zero-order valence-electron chi connectivity index (χ0n) is 23.3. The predicted molar refractivity (Wildman–Crippen MR) is 158 cm³/mol. The fourth-order valence-electron chi connectivity index (χ4n) is 5.94. The second kappa shape index (κ2) is 11.2. The van der Waals surface area contributed by atoms with Gasteiger partial charge in [-0.1, -0.05) is 23.5 Å². The Balaban J connectivity index is 1.26. The number of benzene rings is 1. The maximum atomic E-state index is 14.2. The Hall–Kier alpha value is -4.17. The average molecular weight is 627 g/mol. The predicted octanol–water partition coefficient (Wildman–Crippen LogP) is 3.86. The molecule has 10 nitrogen and oxygen atoms in total. The summed E-state index contributed by atoms with van der Waals surface area (Å²) >= 11 is 2.62. The maximum absolute atomic E-state index is 14.2. The summed E-state index contributed by atoms with van der Waals surface area (Å²) in [6.45, 7) is 0.478. The van der Waals surface area contributed by atoms with Crippen molar-refractivity contribution in [2.75, 3.05) is 19.1 Å². The number of pyridine rings is 1. The van der Waals surface area contributed by atoms with Crippen LogP contribution in [0.2, 0.25) is 0 Å². The number of amides is 2. The minimum absolute atomic E-state index is 0.0211. The van der Waals surface area contributed by atoms with Crippen LogP contribution in [0.4, 0.5) is 8.78 Å². The van der Waals surface area contributed by atoms with Gasteiger partial charge in [0.2, 0.25) is 11.3 Å². The van der Waals surface area contributed by atoms with Gasteiger partial charge in [0.25, 0.3) is 5.91 Å². The zero-order valence-corrected chi connectivity index (χ0v) is 25.0. The zero-order chi connectivity index (χ0) is 30.5. The molecule has 1 aliphatic carbocycles. The molecule has 1 fully saturated rings. The summed E-state index contributed by atoms with van der Waals surface area (Å²) in [6.07, 6.45) is 3.59. The number of nitrogens with zero attached hydrogens (tertiary/aromatic N) is 5. The van der Waals surface area contributed by atoms with Gasteiger partial charge in [0.15, 0.2) is 16.5 Å². The summed E-state index contributed by atoms with van der Waals surface area (Å²) in [5.41, 5.74) is -1.48. The largest absolute Gasteiger partial charge is 0.502 e. The van der Waals surface area contributed by atoms with Crippen LogP contribution in [0.3, 0.4) is 0 Å². The first-order valence-electron chi connectivity index (χ1n) is 13.7. The van der Waals surface area contributed by atoms with E-state index in [0.29, 0.717) is 37.2 Å². The van der Waals surface area contributed by atoms with Gasteiger partial charge in [0.05, 0.1) is 12.1 Å². The van der Waals surface area contributed by atoms with E-state index in [9.17, 15) is 28.3 Å². The van der Waals surface area contributed by atoms with Gasteiger partial charge in [-0.25, -0.2) is 8.78 Å². The number of aromatic hydroxyl groups is 1.